The number of carbonyl (C=O) groups excluding carboxylic acids is 1. The van der Waals surface area contributed by atoms with Crippen LogP contribution in [-0.2, 0) is 24.8 Å². The van der Waals surface area contributed by atoms with Crippen LogP contribution in [0.4, 0.5) is 5.69 Å². The summed E-state index contributed by atoms with van der Waals surface area (Å²) in [5.41, 5.74) is 1.22. The predicted octanol–water partition coefficient (Wildman–Crippen LogP) is 2.29. The molecule has 2 aromatic rings. The Bertz CT molecular complexity index is 1220. The Hall–Kier alpha value is -2.47. The molecule has 0 spiro atoms. The molecule has 0 aromatic heterocycles. The maximum absolute atomic E-state index is 12.9. The lowest BCUT2D eigenvalue weighted by atomic mass is 9.97. The molecule has 0 radical (unpaired) electrons. The Morgan fingerprint density at radius 2 is 1.58 bits per heavy atom. The van der Waals surface area contributed by atoms with Crippen LogP contribution in [0.1, 0.15) is 18.4 Å². The number of methoxy groups -OCH3 is 1. The van der Waals surface area contributed by atoms with Crippen molar-refractivity contribution in [1.29, 1.82) is 0 Å². The Morgan fingerprint density at radius 3 is 2.12 bits per heavy atom. The number of aryl methyl sites for hydroxylation is 1. The lowest BCUT2D eigenvalue weighted by Gasteiger charge is -2.30. The van der Waals surface area contributed by atoms with Crippen molar-refractivity contribution in [1.82, 2.24) is 8.61 Å². The second kappa shape index (κ2) is 9.80. The summed E-state index contributed by atoms with van der Waals surface area (Å²) in [4.78, 5) is 13.2. The van der Waals surface area contributed by atoms with Crippen molar-refractivity contribution in [3.63, 3.8) is 0 Å². The molecule has 3 rings (SSSR count). The topological polar surface area (TPSA) is 113 Å². The lowest BCUT2D eigenvalue weighted by Crippen LogP contribution is -2.41. The van der Waals surface area contributed by atoms with Crippen LogP contribution >= 0.6 is 0 Å². The number of nitrogens with zero attached hydrogens (tertiary/aromatic N) is 2. The number of benzene rings is 2. The third-order valence-electron chi connectivity index (χ3n) is 5.69. The first-order valence-electron chi connectivity index (χ1n) is 10.4. The summed E-state index contributed by atoms with van der Waals surface area (Å²) in [7, 11) is -3.02. The number of hydrogen-bond donors (Lipinski definition) is 1. The summed E-state index contributed by atoms with van der Waals surface area (Å²) < 4.78 is 58.4. The van der Waals surface area contributed by atoms with Gasteiger partial charge in [0.1, 0.15) is 5.75 Å². The van der Waals surface area contributed by atoms with Gasteiger partial charge >= 0.3 is 0 Å². The number of rotatable bonds is 7. The SMILES string of the molecule is COc1ccc(S(=O)(=O)N(C)C)cc1NC(=O)C1CCN(S(=O)(=O)c2ccc(C)cc2)CC1. The van der Waals surface area contributed by atoms with E-state index in [1.165, 1.54) is 43.7 Å². The zero-order chi connectivity index (χ0) is 24.4. The van der Waals surface area contributed by atoms with Gasteiger partial charge in [0.05, 0.1) is 22.6 Å². The maximum Gasteiger partial charge on any atom is 0.243 e. The Morgan fingerprint density at radius 1 is 1.00 bits per heavy atom. The van der Waals surface area contributed by atoms with Gasteiger partial charge in [-0.25, -0.2) is 21.1 Å². The molecule has 1 aliphatic rings. The molecule has 1 aliphatic heterocycles. The summed E-state index contributed by atoms with van der Waals surface area (Å²) >= 11 is 0. The number of hydrogen-bond acceptors (Lipinski definition) is 6. The van der Waals surface area contributed by atoms with E-state index in [2.05, 4.69) is 5.32 Å². The molecule has 0 atom stereocenters. The first-order valence-corrected chi connectivity index (χ1v) is 13.3. The van der Waals surface area contributed by atoms with E-state index in [0.29, 0.717) is 18.6 Å². The number of ether oxygens (including phenoxy) is 1. The first kappa shape index (κ1) is 25.2. The van der Waals surface area contributed by atoms with Crippen LogP contribution in [0, 0.1) is 12.8 Å². The predicted molar refractivity (Wildman–Crippen MR) is 125 cm³/mol. The molecule has 33 heavy (non-hydrogen) atoms. The van der Waals surface area contributed by atoms with Crippen molar-refractivity contribution < 1.29 is 26.4 Å². The largest absolute Gasteiger partial charge is 0.495 e. The number of anilines is 1. The minimum Gasteiger partial charge on any atom is -0.495 e. The minimum absolute atomic E-state index is 0.0302. The fourth-order valence-electron chi connectivity index (χ4n) is 3.61. The second-order valence-electron chi connectivity index (χ2n) is 8.13. The van der Waals surface area contributed by atoms with E-state index >= 15 is 0 Å². The van der Waals surface area contributed by atoms with Crippen molar-refractivity contribution in [3.8, 4) is 5.75 Å². The van der Waals surface area contributed by atoms with E-state index in [0.717, 1.165) is 9.87 Å². The molecule has 180 valence electrons. The summed E-state index contributed by atoms with van der Waals surface area (Å²) in [6, 6.07) is 11.0. The van der Waals surface area contributed by atoms with Crippen molar-refractivity contribution >= 4 is 31.6 Å². The van der Waals surface area contributed by atoms with Crippen LogP contribution in [0.15, 0.2) is 52.3 Å². The Labute approximate surface area is 195 Å². The molecule has 2 aromatic carbocycles. The van der Waals surface area contributed by atoms with Crippen LogP contribution in [0.5, 0.6) is 5.75 Å². The molecule has 0 unspecified atom stereocenters. The fourth-order valence-corrected chi connectivity index (χ4v) is 6.01. The lowest BCUT2D eigenvalue weighted by molar-refractivity contribution is -0.120. The molecule has 1 heterocycles. The number of amides is 1. The molecule has 1 fully saturated rings. The van der Waals surface area contributed by atoms with Gasteiger partial charge < -0.3 is 10.1 Å². The van der Waals surface area contributed by atoms with Crippen molar-refractivity contribution in [2.75, 3.05) is 39.6 Å². The van der Waals surface area contributed by atoms with Crippen LogP contribution < -0.4 is 10.1 Å². The quantitative estimate of drug-likeness (QED) is 0.631. The minimum atomic E-state index is -3.68. The average Bonchev–Trinajstić information content (AvgIpc) is 2.79. The van der Waals surface area contributed by atoms with Crippen LogP contribution in [0.3, 0.4) is 0 Å². The van der Waals surface area contributed by atoms with Crippen molar-refractivity contribution in [2.45, 2.75) is 29.6 Å². The Kier molecular flexibility index (Phi) is 7.47. The number of sulfonamides is 2. The molecule has 9 nitrogen and oxygen atoms in total. The van der Waals surface area contributed by atoms with E-state index in [1.54, 1.807) is 24.3 Å². The van der Waals surface area contributed by atoms with E-state index in [1.807, 2.05) is 6.92 Å². The highest BCUT2D eigenvalue weighted by atomic mass is 32.2. The fraction of sp³-hybridized carbons (Fsp3) is 0.409. The van der Waals surface area contributed by atoms with Crippen LogP contribution in [0.25, 0.3) is 0 Å². The van der Waals surface area contributed by atoms with E-state index < -0.39 is 26.0 Å². The van der Waals surface area contributed by atoms with Crippen molar-refractivity contribution in [3.05, 3.63) is 48.0 Å². The van der Waals surface area contributed by atoms with Gasteiger partial charge in [-0.3, -0.25) is 4.79 Å². The van der Waals surface area contributed by atoms with E-state index in [4.69, 9.17) is 4.74 Å². The number of piperidine rings is 1. The molecular weight excluding hydrogens is 466 g/mol. The van der Waals surface area contributed by atoms with Crippen LogP contribution in [0.2, 0.25) is 0 Å². The van der Waals surface area contributed by atoms with Gasteiger partial charge in [0, 0.05) is 33.1 Å². The van der Waals surface area contributed by atoms with Crippen molar-refractivity contribution in [2.24, 2.45) is 5.92 Å². The number of nitrogens with one attached hydrogen (secondary N) is 1. The standard InChI is InChI=1S/C22H29N3O6S2/c1-16-5-7-18(8-6-16)33(29,30)25-13-11-17(12-14-25)22(26)23-20-15-19(9-10-21(20)31-4)32(27,28)24(2)3/h5-10,15,17H,11-14H2,1-4H3,(H,23,26). The highest BCUT2D eigenvalue weighted by Crippen LogP contribution is 2.30. The van der Waals surface area contributed by atoms with Gasteiger partial charge in [0.25, 0.3) is 0 Å². The average molecular weight is 496 g/mol. The smallest absolute Gasteiger partial charge is 0.243 e. The van der Waals surface area contributed by atoms with Gasteiger partial charge in [-0.2, -0.15) is 4.31 Å². The summed E-state index contributed by atoms with van der Waals surface area (Å²) in [6.07, 6.45) is 0.712. The van der Waals surface area contributed by atoms with E-state index in [-0.39, 0.29) is 34.5 Å². The highest BCUT2D eigenvalue weighted by molar-refractivity contribution is 7.89. The Balaban J connectivity index is 1.71. The molecule has 11 heteroatoms. The van der Waals surface area contributed by atoms with Gasteiger partial charge in [-0.1, -0.05) is 17.7 Å². The van der Waals surface area contributed by atoms with Gasteiger partial charge in [-0.05, 0) is 50.1 Å². The zero-order valence-corrected chi connectivity index (χ0v) is 20.7. The molecule has 0 bridgehead atoms. The highest BCUT2D eigenvalue weighted by Gasteiger charge is 2.32. The second-order valence-corrected chi connectivity index (χ2v) is 12.2. The number of carbonyl (C=O) groups is 1. The molecule has 0 aliphatic carbocycles. The van der Waals surface area contributed by atoms with E-state index in [9.17, 15) is 21.6 Å². The maximum atomic E-state index is 12.9. The summed E-state index contributed by atoms with van der Waals surface area (Å²) in [6.45, 7) is 2.34. The van der Waals surface area contributed by atoms with Gasteiger partial charge in [0.2, 0.25) is 26.0 Å². The summed E-state index contributed by atoms with van der Waals surface area (Å²) in [5.74, 6) is -0.381. The molecule has 1 saturated heterocycles. The third kappa shape index (κ3) is 5.37. The first-order chi connectivity index (χ1) is 15.5. The normalized spacial score (nSPS) is 16.0. The summed E-state index contributed by atoms with van der Waals surface area (Å²) in [5, 5.41) is 2.76. The zero-order valence-electron chi connectivity index (χ0n) is 19.1. The molecule has 0 saturated carbocycles. The van der Waals surface area contributed by atoms with Gasteiger partial charge in [-0.15, -0.1) is 0 Å². The molecule has 1 N–H and O–H groups in total. The molecule has 1 amide bonds. The van der Waals surface area contributed by atoms with Gasteiger partial charge in [0.15, 0.2) is 0 Å². The molecular formula is C22H29N3O6S2. The third-order valence-corrected chi connectivity index (χ3v) is 9.41. The monoisotopic (exact) mass is 495 g/mol. The van der Waals surface area contributed by atoms with Crippen LogP contribution in [-0.4, -0.2) is 65.6 Å².